The summed E-state index contributed by atoms with van der Waals surface area (Å²) in [5.74, 6) is -0.304. The molecule has 1 unspecified atom stereocenters. The molecule has 1 heterocycles. The zero-order valence-corrected chi connectivity index (χ0v) is 19.7. The Bertz CT molecular complexity index is 1030. The number of carbonyl (C=O) groups excluding carboxylic acids is 1. The average Bonchev–Trinajstić information content (AvgIpc) is 2.84. The summed E-state index contributed by atoms with van der Waals surface area (Å²) in [5, 5.41) is 5.15. The average molecular weight is 447 g/mol. The molecule has 0 fully saturated rings. The van der Waals surface area contributed by atoms with E-state index in [1.54, 1.807) is 12.4 Å². The van der Waals surface area contributed by atoms with Crippen LogP contribution in [0, 0.1) is 0 Å². The van der Waals surface area contributed by atoms with Crippen LogP contribution in [-0.4, -0.2) is 29.9 Å². The predicted molar refractivity (Wildman–Crippen MR) is 134 cm³/mol. The van der Waals surface area contributed by atoms with E-state index in [1.807, 2.05) is 61.5 Å². The van der Waals surface area contributed by atoms with Gasteiger partial charge in [-0.3, -0.25) is 4.98 Å². The highest BCUT2D eigenvalue weighted by Crippen LogP contribution is 2.15. The number of benzene rings is 2. The highest BCUT2D eigenvalue weighted by Gasteiger charge is 2.09. The van der Waals surface area contributed by atoms with Gasteiger partial charge in [-0.2, -0.15) is 0 Å². The molecule has 3 rings (SSSR count). The van der Waals surface area contributed by atoms with Gasteiger partial charge >= 0.3 is 5.97 Å². The minimum atomic E-state index is -0.304. The van der Waals surface area contributed by atoms with Crippen molar-refractivity contribution in [3.63, 3.8) is 0 Å². The number of ether oxygens (including phenoxy) is 1. The number of carbonyl (C=O) groups is 1. The van der Waals surface area contributed by atoms with Gasteiger partial charge in [0.15, 0.2) is 0 Å². The summed E-state index contributed by atoms with van der Waals surface area (Å²) in [5.41, 5.74) is 3.64. The van der Waals surface area contributed by atoms with E-state index >= 15 is 0 Å². The molecule has 1 aromatic heterocycles. The quantitative estimate of drug-likeness (QED) is 0.126. The first-order chi connectivity index (χ1) is 16.2. The number of hydrogen-bond donors (Lipinski definition) is 0. The van der Waals surface area contributed by atoms with Gasteiger partial charge in [-0.25, -0.2) is 4.79 Å². The van der Waals surface area contributed by atoms with Crippen LogP contribution in [0.4, 0.5) is 0 Å². The lowest BCUT2D eigenvalue weighted by molar-refractivity contribution is 0.0292. The van der Waals surface area contributed by atoms with Crippen LogP contribution in [0.3, 0.4) is 0 Å². The maximum Gasteiger partial charge on any atom is 0.338 e. The Balaban J connectivity index is 1.37. The Morgan fingerprint density at radius 2 is 1.82 bits per heavy atom. The highest BCUT2D eigenvalue weighted by atomic mass is 16.6. The minimum absolute atomic E-state index is 0.174. The summed E-state index contributed by atoms with van der Waals surface area (Å²) >= 11 is 0. The van der Waals surface area contributed by atoms with Crippen LogP contribution in [0.1, 0.15) is 73.9 Å². The number of fused-ring (bicyclic) bond motifs is 1. The van der Waals surface area contributed by atoms with Gasteiger partial charge in [0.25, 0.3) is 0 Å². The Morgan fingerprint density at radius 3 is 2.64 bits per heavy atom. The molecule has 0 saturated carbocycles. The fourth-order valence-corrected chi connectivity index (χ4v) is 3.62. The third-order valence-corrected chi connectivity index (χ3v) is 5.61. The summed E-state index contributed by atoms with van der Waals surface area (Å²) in [7, 11) is 0. The van der Waals surface area contributed by atoms with E-state index in [2.05, 4.69) is 17.1 Å². The van der Waals surface area contributed by atoms with Gasteiger partial charge in [0.2, 0.25) is 0 Å². The first-order valence-corrected chi connectivity index (χ1v) is 12.0. The summed E-state index contributed by atoms with van der Waals surface area (Å²) in [6.07, 6.45) is 11.2. The van der Waals surface area contributed by atoms with E-state index < -0.39 is 0 Å². The van der Waals surface area contributed by atoms with Crippen LogP contribution in [-0.2, 0) is 16.0 Å². The van der Waals surface area contributed by atoms with E-state index in [4.69, 9.17) is 9.57 Å². The topological polar surface area (TPSA) is 60.8 Å². The van der Waals surface area contributed by atoms with E-state index in [1.165, 1.54) is 37.7 Å². The van der Waals surface area contributed by atoms with Gasteiger partial charge in [0.1, 0.15) is 6.10 Å². The number of aryl methyl sites for hydroxylation is 1. The molecule has 0 saturated heterocycles. The summed E-state index contributed by atoms with van der Waals surface area (Å²) in [6, 6.07) is 17.6. The molecule has 3 aromatic rings. The molecule has 0 amide bonds. The molecule has 174 valence electrons. The normalized spacial score (nSPS) is 12.2. The molecule has 5 nitrogen and oxygen atoms in total. The van der Waals surface area contributed by atoms with Gasteiger partial charge in [0, 0.05) is 23.6 Å². The van der Waals surface area contributed by atoms with Crippen molar-refractivity contribution in [1.82, 2.24) is 4.98 Å². The van der Waals surface area contributed by atoms with Crippen LogP contribution in [0.2, 0.25) is 0 Å². The number of para-hydroxylation sites is 1. The lowest BCUT2D eigenvalue weighted by Gasteiger charge is -2.10. The number of oxime groups is 1. The van der Waals surface area contributed by atoms with Crippen molar-refractivity contribution in [2.45, 2.75) is 64.9 Å². The first kappa shape index (κ1) is 24.4. The maximum absolute atomic E-state index is 12.3. The summed E-state index contributed by atoms with van der Waals surface area (Å²) in [6.45, 7) is 4.41. The first-order valence-electron chi connectivity index (χ1n) is 12.0. The second-order valence-electron chi connectivity index (χ2n) is 8.36. The molecule has 1 atom stereocenters. The fourth-order valence-electron chi connectivity index (χ4n) is 3.62. The van der Waals surface area contributed by atoms with Crippen molar-refractivity contribution in [3.05, 3.63) is 77.5 Å². The SMILES string of the molecule is CCCCCCCc1ccc(C(=O)OCCC(C)O/N=C/c2cccc3cccnc23)cc1. The Kier molecular flexibility index (Phi) is 9.89. The predicted octanol–water partition coefficient (Wildman–Crippen LogP) is 6.73. The van der Waals surface area contributed by atoms with Crippen LogP contribution in [0.5, 0.6) is 0 Å². The Morgan fingerprint density at radius 1 is 1.03 bits per heavy atom. The maximum atomic E-state index is 12.3. The number of nitrogens with zero attached hydrogens (tertiary/aromatic N) is 2. The second-order valence-corrected chi connectivity index (χ2v) is 8.36. The van der Waals surface area contributed by atoms with Crippen molar-refractivity contribution in [2.24, 2.45) is 5.16 Å². The van der Waals surface area contributed by atoms with E-state index in [0.717, 1.165) is 22.9 Å². The molecule has 0 bridgehead atoms. The monoisotopic (exact) mass is 446 g/mol. The molecule has 5 heteroatoms. The smallest absolute Gasteiger partial charge is 0.338 e. The number of unbranched alkanes of at least 4 members (excludes halogenated alkanes) is 4. The van der Waals surface area contributed by atoms with E-state index in [0.29, 0.717) is 12.0 Å². The third-order valence-electron chi connectivity index (χ3n) is 5.61. The molecule has 0 aliphatic heterocycles. The standard InChI is InChI=1S/C28H34N2O3/c1-3-4-5-6-7-10-23-14-16-25(17-15-23)28(31)32-20-18-22(2)33-30-21-26-12-8-11-24-13-9-19-29-27(24)26/h8-9,11-17,19,21-22H,3-7,10,18,20H2,1-2H3/b30-21+. The molecule has 0 aliphatic carbocycles. The van der Waals surface area contributed by atoms with Gasteiger partial charge < -0.3 is 9.57 Å². The second kappa shape index (κ2) is 13.4. The summed E-state index contributed by atoms with van der Waals surface area (Å²) < 4.78 is 5.41. The van der Waals surface area contributed by atoms with Crippen LogP contribution in [0.15, 0.2) is 65.9 Å². The summed E-state index contributed by atoms with van der Waals surface area (Å²) in [4.78, 5) is 22.2. The molecular weight excluding hydrogens is 412 g/mol. The molecular formula is C28H34N2O3. The third kappa shape index (κ3) is 8.01. The molecule has 0 radical (unpaired) electrons. The number of aromatic nitrogens is 1. The minimum Gasteiger partial charge on any atom is -0.462 e. The lowest BCUT2D eigenvalue weighted by Crippen LogP contribution is -2.12. The van der Waals surface area contributed by atoms with E-state index in [9.17, 15) is 4.79 Å². The van der Waals surface area contributed by atoms with Gasteiger partial charge in [0.05, 0.1) is 23.9 Å². The number of esters is 1. The molecule has 33 heavy (non-hydrogen) atoms. The van der Waals surface area contributed by atoms with Crippen LogP contribution < -0.4 is 0 Å². The van der Waals surface area contributed by atoms with Gasteiger partial charge in [-0.05, 0) is 43.5 Å². The number of hydrogen-bond acceptors (Lipinski definition) is 5. The highest BCUT2D eigenvalue weighted by molar-refractivity contribution is 5.97. The molecule has 0 N–H and O–H groups in total. The zero-order valence-electron chi connectivity index (χ0n) is 19.7. The Hall–Kier alpha value is -3.21. The van der Waals surface area contributed by atoms with Gasteiger partial charge in [-0.1, -0.05) is 74.2 Å². The van der Waals surface area contributed by atoms with Gasteiger partial charge in [-0.15, -0.1) is 0 Å². The van der Waals surface area contributed by atoms with Crippen molar-refractivity contribution >= 4 is 23.1 Å². The van der Waals surface area contributed by atoms with Crippen LogP contribution >= 0.6 is 0 Å². The molecule has 0 aliphatic rings. The van der Waals surface area contributed by atoms with Crippen LogP contribution in [0.25, 0.3) is 10.9 Å². The Labute approximate surface area is 196 Å². The number of rotatable bonds is 13. The van der Waals surface area contributed by atoms with Crippen molar-refractivity contribution in [2.75, 3.05) is 6.61 Å². The number of pyridine rings is 1. The van der Waals surface area contributed by atoms with Crippen molar-refractivity contribution < 1.29 is 14.4 Å². The van der Waals surface area contributed by atoms with Crippen molar-refractivity contribution in [1.29, 1.82) is 0 Å². The zero-order chi connectivity index (χ0) is 23.3. The fraction of sp³-hybridized carbons (Fsp3) is 0.393. The van der Waals surface area contributed by atoms with E-state index in [-0.39, 0.29) is 18.7 Å². The van der Waals surface area contributed by atoms with Crippen molar-refractivity contribution in [3.8, 4) is 0 Å². The lowest BCUT2D eigenvalue weighted by atomic mass is 10.0. The largest absolute Gasteiger partial charge is 0.462 e. The molecule has 0 spiro atoms. The molecule has 2 aromatic carbocycles.